The van der Waals surface area contributed by atoms with Crippen LogP contribution in [0.3, 0.4) is 0 Å². The third-order valence-corrected chi connectivity index (χ3v) is 6.28. The van der Waals surface area contributed by atoms with Gasteiger partial charge in [-0.15, -0.1) is 0 Å². The zero-order valence-electron chi connectivity index (χ0n) is 24.1. The van der Waals surface area contributed by atoms with E-state index in [-0.39, 0.29) is 55.7 Å². The summed E-state index contributed by atoms with van der Waals surface area (Å²) in [6, 6.07) is 3.63. The lowest BCUT2D eigenvalue weighted by molar-refractivity contribution is -0.139. The van der Waals surface area contributed by atoms with Crippen molar-refractivity contribution in [2.24, 2.45) is 11.8 Å². The Hall–Kier alpha value is -3.14. The SMILES string of the molecule is CCCCOC(=O)OC(C)CN[C@@H](Cc1ccc(OC(=O)CC(C)CC)c(OC(=O)CC(C)CC)c1)C(=O)O. The van der Waals surface area contributed by atoms with Crippen molar-refractivity contribution in [2.75, 3.05) is 13.2 Å². The molecule has 0 spiro atoms. The van der Waals surface area contributed by atoms with Gasteiger partial charge in [-0.05, 0) is 49.3 Å². The predicted molar refractivity (Wildman–Crippen MR) is 146 cm³/mol. The molecule has 3 unspecified atom stereocenters. The van der Waals surface area contributed by atoms with Crippen LogP contribution in [0.15, 0.2) is 18.2 Å². The molecule has 0 saturated heterocycles. The summed E-state index contributed by atoms with van der Waals surface area (Å²) in [5.74, 6) is -1.59. The minimum Gasteiger partial charge on any atom is -0.480 e. The van der Waals surface area contributed by atoms with E-state index in [0.29, 0.717) is 5.56 Å². The van der Waals surface area contributed by atoms with Crippen molar-refractivity contribution in [3.05, 3.63) is 23.8 Å². The van der Waals surface area contributed by atoms with E-state index in [4.69, 9.17) is 18.9 Å². The van der Waals surface area contributed by atoms with Crippen LogP contribution in [-0.2, 0) is 30.3 Å². The van der Waals surface area contributed by atoms with Gasteiger partial charge in [0.25, 0.3) is 0 Å². The Morgan fingerprint density at radius 2 is 1.49 bits per heavy atom. The molecule has 10 nitrogen and oxygen atoms in total. The van der Waals surface area contributed by atoms with Crippen LogP contribution in [0.1, 0.15) is 85.6 Å². The number of carbonyl (C=O) groups excluding carboxylic acids is 3. The fourth-order valence-electron chi connectivity index (χ4n) is 3.36. The van der Waals surface area contributed by atoms with E-state index in [0.717, 1.165) is 25.7 Å². The molecule has 0 fully saturated rings. The third-order valence-electron chi connectivity index (χ3n) is 6.28. The summed E-state index contributed by atoms with van der Waals surface area (Å²) < 4.78 is 21.2. The van der Waals surface area contributed by atoms with Gasteiger partial charge in [-0.1, -0.05) is 59.9 Å². The minimum atomic E-state index is -1.10. The molecular formula is C29H45NO9. The van der Waals surface area contributed by atoms with Gasteiger partial charge in [-0.25, -0.2) is 4.79 Å². The lowest BCUT2D eigenvalue weighted by atomic mass is 10.0. The largest absolute Gasteiger partial charge is 0.508 e. The maximum Gasteiger partial charge on any atom is 0.508 e. The van der Waals surface area contributed by atoms with Gasteiger partial charge in [0.05, 0.1) is 6.61 Å². The van der Waals surface area contributed by atoms with Gasteiger partial charge < -0.3 is 29.4 Å². The first-order chi connectivity index (χ1) is 18.5. The number of aliphatic carboxylic acids is 1. The Bertz CT molecular complexity index is 933. The van der Waals surface area contributed by atoms with Gasteiger partial charge in [-0.3, -0.25) is 14.4 Å². The normalized spacial score (nSPS) is 14.0. The van der Waals surface area contributed by atoms with E-state index >= 15 is 0 Å². The number of unbranched alkanes of at least 4 members (excludes halogenated alkanes) is 1. The van der Waals surface area contributed by atoms with Crippen molar-refractivity contribution < 1.29 is 43.2 Å². The summed E-state index contributed by atoms with van der Waals surface area (Å²) in [5, 5.41) is 12.6. The molecule has 10 heteroatoms. The van der Waals surface area contributed by atoms with Crippen molar-refractivity contribution in [3.63, 3.8) is 0 Å². The number of carboxylic acids is 1. The highest BCUT2D eigenvalue weighted by Crippen LogP contribution is 2.30. The lowest BCUT2D eigenvalue weighted by Crippen LogP contribution is -2.42. The molecule has 1 aromatic rings. The van der Waals surface area contributed by atoms with Gasteiger partial charge in [0, 0.05) is 19.4 Å². The van der Waals surface area contributed by atoms with Crippen LogP contribution >= 0.6 is 0 Å². The first kappa shape index (κ1) is 33.9. The highest BCUT2D eigenvalue weighted by molar-refractivity contribution is 5.77. The fourth-order valence-corrected chi connectivity index (χ4v) is 3.36. The number of carbonyl (C=O) groups is 4. The van der Waals surface area contributed by atoms with Crippen LogP contribution in [0.25, 0.3) is 0 Å². The first-order valence-electron chi connectivity index (χ1n) is 13.8. The monoisotopic (exact) mass is 551 g/mol. The molecule has 0 aliphatic carbocycles. The number of rotatable bonds is 18. The Labute approximate surface area is 231 Å². The average molecular weight is 552 g/mol. The lowest BCUT2D eigenvalue weighted by Gasteiger charge is -2.19. The molecule has 39 heavy (non-hydrogen) atoms. The minimum absolute atomic E-state index is 0.0417. The summed E-state index contributed by atoms with van der Waals surface area (Å²) in [7, 11) is 0. The smallest absolute Gasteiger partial charge is 0.480 e. The molecule has 0 heterocycles. The summed E-state index contributed by atoms with van der Waals surface area (Å²) >= 11 is 0. The molecule has 2 N–H and O–H groups in total. The highest BCUT2D eigenvalue weighted by Gasteiger charge is 2.22. The molecular weight excluding hydrogens is 506 g/mol. The predicted octanol–water partition coefficient (Wildman–Crippen LogP) is 5.30. The van der Waals surface area contributed by atoms with Crippen molar-refractivity contribution in [1.29, 1.82) is 0 Å². The molecule has 4 atom stereocenters. The van der Waals surface area contributed by atoms with Gasteiger partial charge in [0.2, 0.25) is 0 Å². The van der Waals surface area contributed by atoms with Crippen LogP contribution in [-0.4, -0.2) is 54.5 Å². The summed E-state index contributed by atoms with van der Waals surface area (Å²) in [4.78, 5) is 48.6. The number of hydrogen-bond acceptors (Lipinski definition) is 9. The van der Waals surface area contributed by atoms with Crippen molar-refractivity contribution in [2.45, 2.75) is 98.6 Å². The van der Waals surface area contributed by atoms with Crippen LogP contribution < -0.4 is 14.8 Å². The molecule has 0 aliphatic heterocycles. The van der Waals surface area contributed by atoms with E-state index < -0.39 is 36.2 Å². The fraction of sp³-hybridized carbons (Fsp3) is 0.655. The second-order valence-corrected chi connectivity index (χ2v) is 10.0. The molecule has 0 aromatic heterocycles. The van der Waals surface area contributed by atoms with Gasteiger partial charge in [0.15, 0.2) is 11.5 Å². The quantitative estimate of drug-likeness (QED) is 0.140. The van der Waals surface area contributed by atoms with Crippen molar-refractivity contribution in [1.82, 2.24) is 5.32 Å². The Morgan fingerprint density at radius 1 is 0.897 bits per heavy atom. The van der Waals surface area contributed by atoms with Crippen molar-refractivity contribution in [3.8, 4) is 11.5 Å². The Morgan fingerprint density at radius 3 is 2.03 bits per heavy atom. The standard InChI is InChI=1S/C29H45NO9/c1-7-10-13-36-29(35)37-21(6)18-30-23(28(33)34)16-22-11-12-24(38-26(31)14-19(4)8-2)25(17-22)39-27(32)15-20(5)9-3/h11-12,17,19-21,23,30H,7-10,13-16,18H2,1-6H3,(H,33,34)/t19?,20?,21?,23-/m0/s1. The number of carboxylic acid groups (broad SMARTS) is 1. The molecule has 0 aliphatic rings. The molecule has 0 radical (unpaired) electrons. The molecule has 0 amide bonds. The maximum atomic E-state index is 12.5. The third kappa shape index (κ3) is 14.0. The second-order valence-electron chi connectivity index (χ2n) is 10.0. The van der Waals surface area contributed by atoms with E-state index in [1.807, 2.05) is 34.6 Å². The molecule has 1 aromatic carbocycles. The summed E-state index contributed by atoms with van der Waals surface area (Å²) in [6.07, 6.45) is 2.26. The first-order valence-corrected chi connectivity index (χ1v) is 13.8. The number of benzene rings is 1. The number of esters is 2. The highest BCUT2D eigenvalue weighted by atomic mass is 16.7. The number of nitrogens with one attached hydrogen (secondary N) is 1. The molecule has 1 rings (SSSR count). The van der Waals surface area contributed by atoms with E-state index in [9.17, 15) is 24.3 Å². The molecule has 220 valence electrons. The average Bonchev–Trinajstić information content (AvgIpc) is 2.87. The van der Waals surface area contributed by atoms with E-state index in [1.165, 1.54) is 12.1 Å². The zero-order valence-corrected chi connectivity index (χ0v) is 24.1. The molecule has 0 bridgehead atoms. The summed E-state index contributed by atoms with van der Waals surface area (Å²) in [6.45, 7) is 11.8. The van der Waals surface area contributed by atoms with Crippen LogP contribution in [0.5, 0.6) is 11.5 Å². The van der Waals surface area contributed by atoms with Gasteiger partial charge in [-0.2, -0.15) is 0 Å². The van der Waals surface area contributed by atoms with Crippen LogP contribution in [0.2, 0.25) is 0 Å². The summed E-state index contributed by atoms with van der Waals surface area (Å²) in [5.41, 5.74) is 0.551. The van der Waals surface area contributed by atoms with E-state index in [1.54, 1.807) is 13.0 Å². The van der Waals surface area contributed by atoms with Gasteiger partial charge in [0.1, 0.15) is 12.1 Å². The Kier molecular flexibility index (Phi) is 15.8. The molecule has 0 saturated carbocycles. The van der Waals surface area contributed by atoms with Gasteiger partial charge >= 0.3 is 24.1 Å². The van der Waals surface area contributed by atoms with Crippen LogP contribution in [0, 0.1) is 11.8 Å². The zero-order chi connectivity index (χ0) is 29.4. The van der Waals surface area contributed by atoms with E-state index in [2.05, 4.69) is 5.32 Å². The number of ether oxygens (including phenoxy) is 4. The maximum absolute atomic E-state index is 12.5. The Balaban J connectivity index is 2.96. The number of hydrogen-bond donors (Lipinski definition) is 2. The topological polar surface area (TPSA) is 137 Å². The second kappa shape index (κ2) is 18.2. The van der Waals surface area contributed by atoms with Crippen molar-refractivity contribution >= 4 is 24.1 Å². The van der Waals surface area contributed by atoms with Crippen LogP contribution in [0.4, 0.5) is 4.79 Å².